The SMILES string of the molecule is CCCC(C(N)=O)(C(N)=O)[Si](OCC)(OCC)OCC. The summed E-state index contributed by atoms with van der Waals surface area (Å²) in [6.45, 7) is 7.73. The minimum atomic E-state index is -3.67. The largest absolute Gasteiger partial charge is 0.527 e. The van der Waals surface area contributed by atoms with Gasteiger partial charge in [-0.1, -0.05) is 13.3 Å². The first-order valence-electron chi connectivity index (χ1n) is 6.90. The van der Waals surface area contributed by atoms with Crippen LogP contribution in [0.2, 0.25) is 5.04 Å². The van der Waals surface area contributed by atoms with Crippen LogP contribution in [0.15, 0.2) is 0 Å². The van der Waals surface area contributed by atoms with Crippen LogP contribution in [0, 0.1) is 0 Å². The Morgan fingerprint density at radius 2 is 1.25 bits per heavy atom. The second-order valence-electron chi connectivity index (χ2n) is 4.24. The van der Waals surface area contributed by atoms with Crippen molar-refractivity contribution in [2.24, 2.45) is 11.5 Å². The minimum Gasteiger partial charge on any atom is -0.373 e. The third-order valence-corrected chi connectivity index (χ3v) is 6.79. The lowest BCUT2D eigenvalue weighted by Gasteiger charge is -2.40. The Labute approximate surface area is 121 Å². The molecule has 0 radical (unpaired) electrons. The molecule has 0 unspecified atom stereocenters. The van der Waals surface area contributed by atoms with Gasteiger partial charge in [0.1, 0.15) is 0 Å². The Morgan fingerprint density at radius 3 is 1.45 bits per heavy atom. The van der Waals surface area contributed by atoms with Crippen LogP contribution in [0.3, 0.4) is 0 Å². The molecule has 7 nitrogen and oxygen atoms in total. The van der Waals surface area contributed by atoms with Crippen molar-refractivity contribution < 1.29 is 22.9 Å². The molecule has 0 fully saturated rings. The molecule has 8 heteroatoms. The molecular weight excluding hydrogens is 280 g/mol. The van der Waals surface area contributed by atoms with E-state index in [1.54, 1.807) is 20.8 Å². The average Bonchev–Trinajstić information content (AvgIpc) is 2.35. The highest BCUT2D eigenvalue weighted by Crippen LogP contribution is 2.44. The van der Waals surface area contributed by atoms with E-state index in [1.165, 1.54) is 0 Å². The van der Waals surface area contributed by atoms with Crippen LogP contribution >= 0.6 is 0 Å². The van der Waals surface area contributed by atoms with Gasteiger partial charge in [-0.2, -0.15) is 0 Å². The van der Waals surface area contributed by atoms with Gasteiger partial charge >= 0.3 is 8.80 Å². The number of carbonyl (C=O) groups is 2. The first kappa shape index (κ1) is 19.0. The summed E-state index contributed by atoms with van der Waals surface area (Å²) in [4.78, 5) is 24.1. The van der Waals surface area contributed by atoms with E-state index in [9.17, 15) is 9.59 Å². The van der Waals surface area contributed by atoms with Crippen molar-refractivity contribution in [2.45, 2.75) is 45.6 Å². The molecule has 0 aromatic carbocycles. The van der Waals surface area contributed by atoms with E-state index in [1.807, 2.05) is 6.92 Å². The fraction of sp³-hybridized carbons (Fsp3) is 0.833. The van der Waals surface area contributed by atoms with Crippen molar-refractivity contribution in [2.75, 3.05) is 19.8 Å². The third-order valence-electron chi connectivity index (χ3n) is 2.99. The fourth-order valence-electron chi connectivity index (χ4n) is 2.26. The molecule has 118 valence electrons. The molecule has 2 amide bonds. The zero-order chi connectivity index (χ0) is 15.8. The van der Waals surface area contributed by atoms with Crippen LogP contribution in [0.25, 0.3) is 0 Å². The Hall–Kier alpha value is -0.963. The zero-order valence-electron chi connectivity index (χ0n) is 12.7. The Kier molecular flexibility index (Phi) is 7.95. The Morgan fingerprint density at radius 1 is 0.900 bits per heavy atom. The van der Waals surface area contributed by atoms with Gasteiger partial charge in [-0.25, -0.2) is 0 Å². The standard InChI is InChI=1S/C12H26N2O5Si/c1-5-9-12(10(13)15,11(14)16)20(17-6-2,18-7-3)19-8-4/h5-9H2,1-4H3,(H2,13,15)(H2,14,16). The summed E-state index contributed by atoms with van der Waals surface area (Å²) in [5.74, 6) is -1.71. The van der Waals surface area contributed by atoms with Gasteiger partial charge in [0.25, 0.3) is 0 Å². The molecule has 0 spiro atoms. The molecule has 0 saturated carbocycles. The highest BCUT2D eigenvalue weighted by Gasteiger charge is 2.68. The Balaban J connectivity index is 6.06. The number of hydrogen-bond acceptors (Lipinski definition) is 5. The van der Waals surface area contributed by atoms with Crippen LogP contribution in [0.1, 0.15) is 40.5 Å². The van der Waals surface area contributed by atoms with Gasteiger partial charge in [0, 0.05) is 19.8 Å². The van der Waals surface area contributed by atoms with Crippen molar-refractivity contribution in [3.8, 4) is 0 Å². The van der Waals surface area contributed by atoms with Crippen molar-refractivity contribution in [3.05, 3.63) is 0 Å². The molecular formula is C12H26N2O5Si. The second-order valence-corrected chi connectivity index (χ2v) is 7.07. The normalized spacial score (nSPS) is 12.4. The summed E-state index contributed by atoms with van der Waals surface area (Å²) >= 11 is 0. The molecule has 0 aliphatic rings. The molecule has 0 rings (SSSR count). The predicted octanol–water partition coefficient (Wildman–Crippen LogP) is 0.546. The summed E-state index contributed by atoms with van der Waals surface area (Å²) in [6.07, 6.45) is 0.664. The molecule has 20 heavy (non-hydrogen) atoms. The highest BCUT2D eigenvalue weighted by atomic mass is 28.4. The van der Waals surface area contributed by atoms with Gasteiger partial charge < -0.3 is 24.7 Å². The van der Waals surface area contributed by atoms with Crippen molar-refractivity contribution in [1.29, 1.82) is 0 Å². The molecule has 0 saturated heterocycles. The number of nitrogens with two attached hydrogens (primary N) is 2. The number of primary amides is 2. The van der Waals surface area contributed by atoms with E-state index in [0.29, 0.717) is 6.42 Å². The van der Waals surface area contributed by atoms with Crippen LogP contribution in [0.5, 0.6) is 0 Å². The van der Waals surface area contributed by atoms with Crippen LogP contribution < -0.4 is 11.5 Å². The lowest BCUT2D eigenvalue weighted by molar-refractivity contribution is -0.134. The van der Waals surface area contributed by atoms with Crippen molar-refractivity contribution in [1.82, 2.24) is 0 Å². The summed E-state index contributed by atoms with van der Waals surface area (Å²) < 4.78 is 16.9. The summed E-state index contributed by atoms with van der Waals surface area (Å²) in [5, 5.41) is -1.73. The number of rotatable bonds is 11. The molecule has 0 aromatic heterocycles. The summed E-state index contributed by atoms with van der Waals surface area (Å²) in [7, 11) is -3.67. The first-order valence-corrected chi connectivity index (χ1v) is 8.62. The fourth-order valence-corrected chi connectivity index (χ4v) is 5.55. The molecule has 0 heterocycles. The van der Waals surface area contributed by atoms with E-state index in [2.05, 4.69) is 0 Å². The lowest BCUT2D eigenvalue weighted by atomic mass is 10.0. The first-order chi connectivity index (χ1) is 9.38. The topological polar surface area (TPSA) is 114 Å². The Bertz CT molecular complexity index is 307. The average molecular weight is 306 g/mol. The minimum absolute atomic E-state index is 0.143. The van der Waals surface area contributed by atoms with Crippen LogP contribution in [-0.2, 0) is 22.9 Å². The van der Waals surface area contributed by atoms with Gasteiger partial charge in [0.15, 0.2) is 5.04 Å². The molecule has 0 aliphatic heterocycles. The maximum atomic E-state index is 12.0. The number of carbonyl (C=O) groups excluding carboxylic acids is 2. The van der Waals surface area contributed by atoms with Gasteiger partial charge in [-0.3, -0.25) is 9.59 Å². The van der Waals surface area contributed by atoms with Crippen LogP contribution in [-0.4, -0.2) is 40.4 Å². The molecule has 0 atom stereocenters. The smallest absolute Gasteiger partial charge is 0.373 e. The van der Waals surface area contributed by atoms with Gasteiger partial charge in [0.2, 0.25) is 11.8 Å². The van der Waals surface area contributed by atoms with E-state index in [0.717, 1.165) is 0 Å². The third kappa shape index (κ3) is 3.37. The molecule has 4 N–H and O–H groups in total. The lowest BCUT2D eigenvalue weighted by Crippen LogP contribution is -2.65. The van der Waals surface area contributed by atoms with E-state index in [4.69, 9.17) is 24.7 Å². The van der Waals surface area contributed by atoms with Crippen molar-refractivity contribution >= 4 is 20.6 Å². The maximum absolute atomic E-state index is 12.0. The van der Waals surface area contributed by atoms with Gasteiger partial charge in [-0.15, -0.1) is 0 Å². The molecule has 0 aromatic rings. The number of hydrogen-bond donors (Lipinski definition) is 2. The zero-order valence-corrected chi connectivity index (χ0v) is 13.7. The van der Waals surface area contributed by atoms with E-state index >= 15 is 0 Å². The second kappa shape index (κ2) is 8.35. The highest BCUT2D eigenvalue weighted by molar-refractivity contribution is 6.73. The summed E-state index contributed by atoms with van der Waals surface area (Å²) in [5.41, 5.74) is 11.0. The molecule has 0 aliphatic carbocycles. The van der Waals surface area contributed by atoms with Crippen molar-refractivity contribution in [3.63, 3.8) is 0 Å². The van der Waals surface area contributed by atoms with Crippen LogP contribution in [0.4, 0.5) is 0 Å². The van der Waals surface area contributed by atoms with E-state index in [-0.39, 0.29) is 26.2 Å². The monoisotopic (exact) mass is 306 g/mol. The predicted molar refractivity (Wildman–Crippen MR) is 76.6 cm³/mol. The maximum Gasteiger partial charge on any atom is 0.527 e. The molecule has 0 bridgehead atoms. The van der Waals surface area contributed by atoms with Gasteiger partial charge in [-0.05, 0) is 27.2 Å². The van der Waals surface area contributed by atoms with E-state index < -0.39 is 25.7 Å². The quantitative estimate of drug-likeness (QED) is 0.427. The summed E-state index contributed by atoms with van der Waals surface area (Å²) in [6, 6.07) is 0. The number of amides is 2. The van der Waals surface area contributed by atoms with Gasteiger partial charge in [0.05, 0.1) is 0 Å².